The molecule has 1 aliphatic carbocycles. The third-order valence-electron chi connectivity index (χ3n) is 4.10. The lowest BCUT2D eigenvalue weighted by molar-refractivity contribution is 0.0789. The maximum absolute atomic E-state index is 9.52. The van der Waals surface area contributed by atoms with E-state index < -0.39 is 0 Å². The normalized spacial score (nSPS) is 25.1. The van der Waals surface area contributed by atoms with Crippen LogP contribution < -0.4 is 10.4 Å². The highest BCUT2D eigenvalue weighted by Gasteiger charge is 2.19. The van der Waals surface area contributed by atoms with Gasteiger partial charge >= 0.3 is 0 Å². The minimum atomic E-state index is -0.0659. The Bertz CT molecular complexity index is 514. The lowest BCUT2D eigenvalue weighted by atomic mass is 9.96. The minimum Gasteiger partial charge on any atom is -0.393 e. The highest BCUT2D eigenvalue weighted by Crippen LogP contribution is 2.15. The van der Waals surface area contributed by atoms with Crippen molar-refractivity contribution in [1.82, 2.24) is 4.90 Å². The molecule has 0 amide bonds. The first-order chi connectivity index (χ1) is 8.81. The average Bonchev–Trinajstić information content (AvgIpc) is 2.41. The predicted octanol–water partition coefficient (Wildman–Crippen LogP) is 0.724. The second-order valence-corrected chi connectivity index (χ2v) is 5.53. The first kappa shape index (κ1) is 11.9. The summed E-state index contributed by atoms with van der Waals surface area (Å²) in [6, 6.07) is 8.62. The second kappa shape index (κ2) is 5.25. The van der Waals surface area contributed by atoms with Gasteiger partial charge in [0, 0.05) is 19.6 Å². The van der Waals surface area contributed by atoms with Crippen LogP contribution >= 0.6 is 0 Å². The molecule has 1 N–H and O–H groups in total. The standard InChI is InChI=1S/C16H21NO/c18-16-7-9-17(10-8-16)12-13-5-6-14-3-1-2-4-15(14)11-13/h1-4,6,11,13,16,18H,5,7-10,12H2. The van der Waals surface area contributed by atoms with Crippen LogP contribution in [0.3, 0.4) is 0 Å². The van der Waals surface area contributed by atoms with Gasteiger partial charge in [0.15, 0.2) is 0 Å². The lowest BCUT2D eigenvalue weighted by Crippen LogP contribution is -2.40. The summed E-state index contributed by atoms with van der Waals surface area (Å²) in [5.74, 6) is 0.634. The molecule has 18 heavy (non-hydrogen) atoms. The van der Waals surface area contributed by atoms with Gasteiger partial charge in [-0.15, -0.1) is 0 Å². The Kier molecular flexibility index (Phi) is 3.48. The number of nitrogens with zero attached hydrogens (tertiary/aromatic N) is 1. The minimum absolute atomic E-state index is 0.0659. The number of fused-ring (bicyclic) bond motifs is 1. The summed E-state index contributed by atoms with van der Waals surface area (Å²) >= 11 is 0. The zero-order valence-corrected chi connectivity index (χ0v) is 10.8. The maximum Gasteiger partial charge on any atom is 0.0564 e. The van der Waals surface area contributed by atoms with Gasteiger partial charge in [0.2, 0.25) is 0 Å². The monoisotopic (exact) mass is 243 g/mol. The SMILES string of the molecule is OC1CCN(CC2C=c3ccccc3=CC2)CC1. The Balaban J connectivity index is 1.67. The van der Waals surface area contributed by atoms with E-state index in [1.165, 1.54) is 10.4 Å². The fourth-order valence-electron chi connectivity index (χ4n) is 3.01. The average molecular weight is 243 g/mol. The van der Waals surface area contributed by atoms with Gasteiger partial charge in [0.1, 0.15) is 0 Å². The van der Waals surface area contributed by atoms with Crippen molar-refractivity contribution < 1.29 is 5.11 Å². The first-order valence-corrected chi connectivity index (χ1v) is 6.99. The Morgan fingerprint density at radius 3 is 2.61 bits per heavy atom. The summed E-state index contributed by atoms with van der Waals surface area (Å²) in [5.41, 5.74) is 0. The molecule has 1 saturated heterocycles. The Hall–Kier alpha value is -1.12. The van der Waals surface area contributed by atoms with Gasteiger partial charge in [-0.3, -0.25) is 0 Å². The molecule has 2 aliphatic rings. The molecule has 0 saturated carbocycles. The first-order valence-electron chi connectivity index (χ1n) is 6.99. The summed E-state index contributed by atoms with van der Waals surface area (Å²) in [6.45, 7) is 3.23. The zero-order valence-electron chi connectivity index (χ0n) is 10.8. The lowest BCUT2D eigenvalue weighted by Gasteiger charge is -2.31. The van der Waals surface area contributed by atoms with Crippen molar-refractivity contribution in [1.29, 1.82) is 0 Å². The fraction of sp³-hybridized carbons (Fsp3) is 0.500. The van der Waals surface area contributed by atoms with E-state index in [4.69, 9.17) is 0 Å². The van der Waals surface area contributed by atoms with E-state index in [-0.39, 0.29) is 6.10 Å². The van der Waals surface area contributed by atoms with Gasteiger partial charge in [-0.25, -0.2) is 0 Å². The van der Waals surface area contributed by atoms with Crippen LogP contribution in [0, 0.1) is 5.92 Å². The maximum atomic E-state index is 9.52. The quantitative estimate of drug-likeness (QED) is 0.827. The summed E-state index contributed by atoms with van der Waals surface area (Å²) in [5, 5.41) is 12.3. The van der Waals surface area contributed by atoms with Gasteiger partial charge in [0.25, 0.3) is 0 Å². The number of aliphatic hydroxyl groups is 1. The van der Waals surface area contributed by atoms with Crippen molar-refractivity contribution in [3.05, 3.63) is 34.7 Å². The highest BCUT2D eigenvalue weighted by molar-refractivity contribution is 5.40. The van der Waals surface area contributed by atoms with E-state index in [2.05, 4.69) is 41.3 Å². The van der Waals surface area contributed by atoms with Crippen LogP contribution in [0.1, 0.15) is 19.3 Å². The molecule has 1 aromatic rings. The summed E-state index contributed by atoms with van der Waals surface area (Å²) in [6.07, 6.45) is 7.74. The van der Waals surface area contributed by atoms with Crippen molar-refractivity contribution in [2.75, 3.05) is 19.6 Å². The molecule has 1 fully saturated rings. The topological polar surface area (TPSA) is 23.5 Å². The van der Waals surface area contributed by atoms with Crippen LogP contribution in [0.15, 0.2) is 24.3 Å². The van der Waals surface area contributed by atoms with E-state index in [0.29, 0.717) is 5.92 Å². The predicted molar refractivity (Wildman–Crippen MR) is 74.4 cm³/mol. The van der Waals surface area contributed by atoms with Gasteiger partial charge in [0.05, 0.1) is 6.10 Å². The third kappa shape index (κ3) is 2.65. The molecule has 1 atom stereocenters. The van der Waals surface area contributed by atoms with E-state index in [0.717, 1.165) is 38.9 Å². The van der Waals surface area contributed by atoms with Crippen molar-refractivity contribution in [2.24, 2.45) is 5.92 Å². The molecule has 0 aromatic heterocycles. The van der Waals surface area contributed by atoms with E-state index >= 15 is 0 Å². The smallest absolute Gasteiger partial charge is 0.0564 e. The molecule has 1 heterocycles. The van der Waals surface area contributed by atoms with Crippen molar-refractivity contribution in [3.8, 4) is 0 Å². The van der Waals surface area contributed by atoms with Crippen molar-refractivity contribution in [3.63, 3.8) is 0 Å². The van der Waals surface area contributed by atoms with Crippen LogP contribution in [0.2, 0.25) is 0 Å². The van der Waals surface area contributed by atoms with Gasteiger partial charge < -0.3 is 10.0 Å². The number of rotatable bonds is 2. The third-order valence-corrected chi connectivity index (χ3v) is 4.10. The van der Waals surface area contributed by atoms with Gasteiger partial charge in [-0.05, 0) is 35.6 Å². The second-order valence-electron chi connectivity index (χ2n) is 5.53. The van der Waals surface area contributed by atoms with Gasteiger partial charge in [-0.1, -0.05) is 36.4 Å². The molecule has 0 bridgehead atoms. The molecular weight excluding hydrogens is 222 g/mol. The number of likely N-dealkylation sites (tertiary alicyclic amines) is 1. The number of benzene rings is 1. The van der Waals surface area contributed by atoms with E-state index in [1.807, 2.05) is 0 Å². The largest absolute Gasteiger partial charge is 0.393 e. The van der Waals surface area contributed by atoms with Crippen molar-refractivity contribution in [2.45, 2.75) is 25.4 Å². The molecular formula is C16H21NO. The number of piperidine rings is 1. The fourth-order valence-corrected chi connectivity index (χ4v) is 3.01. The van der Waals surface area contributed by atoms with Crippen LogP contribution in [0.25, 0.3) is 12.2 Å². The van der Waals surface area contributed by atoms with Crippen molar-refractivity contribution >= 4 is 12.2 Å². The van der Waals surface area contributed by atoms with Crippen LogP contribution in [0.4, 0.5) is 0 Å². The van der Waals surface area contributed by atoms with Gasteiger partial charge in [-0.2, -0.15) is 0 Å². The molecule has 3 rings (SSSR count). The molecule has 1 unspecified atom stereocenters. The Labute approximate surface area is 108 Å². The summed E-state index contributed by atoms with van der Waals surface area (Å²) < 4.78 is 0. The summed E-state index contributed by atoms with van der Waals surface area (Å²) in [4.78, 5) is 2.50. The molecule has 0 radical (unpaired) electrons. The number of aliphatic hydroxyl groups excluding tert-OH is 1. The number of hydrogen-bond acceptors (Lipinski definition) is 2. The van der Waals surface area contributed by atoms with Crippen LogP contribution in [-0.2, 0) is 0 Å². The zero-order chi connectivity index (χ0) is 12.4. The molecule has 2 nitrogen and oxygen atoms in total. The molecule has 1 aliphatic heterocycles. The molecule has 96 valence electrons. The highest BCUT2D eigenvalue weighted by atomic mass is 16.3. The van der Waals surface area contributed by atoms with Crippen LogP contribution in [-0.4, -0.2) is 35.7 Å². The summed E-state index contributed by atoms with van der Waals surface area (Å²) in [7, 11) is 0. The molecule has 2 heteroatoms. The number of hydrogen-bond donors (Lipinski definition) is 1. The van der Waals surface area contributed by atoms with E-state index in [1.54, 1.807) is 0 Å². The molecule has 0 spiro atoms. The van der Waals surface area contributed by atoms with Crippen LogP contribution in [0.5, 0.6) is 0 Å². The molecule has 1 aromatic carbocycles. The van der Waals surface area contributed by atoms with E-state index in [9.17, 15) is 5.11 Å². The Morgan fingerprint density at radius 1 is 1.11 bits per heavy atom. The Morgan fingerprint density at radius 2 is 1.83 bits per heavy atom.